The summed E-state index contributed by atoms with van der Waals surface area (Å²) < 4.78 is 1.72. The lowest BCUT2D eigenvalue weighted by molar-refractivity contribution is -1.00. The molecule has 1 saturated heterocycles. The summed E-state index contributed by atoms with van der Waals surface area (Å²) in [6.45, 7) is 7.33. The van der Waals surface area contributed by atoms with Gasteiger partial charge < -0.3 is 14.7 Å². The number of quaternary nitrogens is 2. The molecule has 30 heavy (non-hydrogen) atoms. The van der Waals surface area contributed by atoms with Gasteiger partial charge in [0.05, 0.1) is 25.2 Å². The number of amides is 1. The summed E-state index contributed by atoms with van der Waals surface area (Å²) in [4.78, 5) is 18.7. The minimum Gasteiger partial charge on any atom is -0.336 e. The normalized spacial score (nSPS) is 25.8. The molecule has 6 nitrogen and oxygen atoms in total. The molecule has 2 atom stereocenters. The lowest BCUT2D eigenvalue weighted by atomic mass is 10.1. The molecule has 2 aliphatic rings. The Morgan fingerprint density at radius 3 is 2.63 bits per heavy atom. The first-order chi connectivity index (χ1) is 14.5. The van der Waals surface area contributed by atoms with E-state index in [1.807, 2.05) is 18.0 Å². The van der Waals surface area contributed by atoms with Gasteiger partial charge in [-0.3, -0.25) is 9.48 Å². The Balaban J connectivity index is 1.38. The summed E-state index contributed by atoms with van der Waals surface area (Å²) in [6.07, 6.45) is 3.77. The number of nitrogens with one attached hydrogen (secondary N) is 2. The first-order valence-electron chi connectivity index (χ1n) is 11.2. The van der Waals surface area contributed by atoms with Crippen molar-refractivity contribution in [2.24, 2.45) is 13.0 Å². The van der Waals surface area contributed by atoms with E-state index in [1.165, 1.54) is 31.7 Å². The predicted octanol–water partition coefficient (Wildman–Crippen LogP) is 0.00910. The molecule has 0 bridgehead atoms. The van der Waals surface area contributed by atoms with E-state index in [9.17, 15) is 4.79 Å². The van der Waals surface area contributed by atoms with Gasteiger partial charge in [0.1, 0.15) is 31.9 Å². The van der Waals surface area contributed by atoms with Gasteiger partial charge in [-0.1, -0.05) is 41.9 Å². The van der Waals surface area contributed by atoms with Crippen molar-refractivity contribution in [1.29, 1.82) is 0 Å². The Kier molecular flexibility index (Phi) is 6.76. The summed E-state index contributed by atoms with van der Waals surface area (Å²) in [7, 11) is 4.14. The second-order valence-corrected chi connectivity index (χ2v) is 9.43. The van der Waals surface area contributed by atoms with Crippen LogP contribution in [-0.4, -0.2) is 66.9 Å². The largest absolute Gasteiger partial charge is 0.336 e. The Morgan fingerprint density at radius 1 is 1.23 bits per heavy atom. The highest BCUT2D eigenvalue weighted by Gasteiger charge is 2.45. The topological polar surface area (TPSA) is 47.0 Å². The first-order valence-corrected chi connectivity index (χ1v) is 11.6. The van der Waals surface area contributed by atoms with Crippen molar-refractivity contribution < 1.29 is 14.6 Å². The maximum absolute atomic E-state index is 13.4. The quantitative estimate of drug-likeness (QED) is 0.618. The molecule has 2 aromatic rings. The SMILES string of the molecule is Cn1cc(Cl)c(CN(CCC[NH+]2CC[NH+](C)CC2)C(=O)[C@H]2C[C@H]2c2ccccc2)n1. The number of piperazine rings is 1. The number of aromatic nitrogens is 2. The zero-order valence-corrected chi connectivity index (χ0v) is 18.9. The zero-order valence-electron chi connectivity index (χ0n) is 18.1. The summed E-state index contributed by atoms with van der Waals surface area (Å²) >= 11 is 6.36. The van der Waals surface area contributed by atoms with Crippen molar-refractivity contribution in [3.63, 3.8) is 0 Å². The second kappa shape index (κ2) is 9.50. The number of carbonyl (C=O) groups excluding carboxylic acids is 1. The molecule has 1 amide bonds. The molecule has 2 heterocycles. The molecule has 0 unspecified atom stereocenters. The Hall–Kier alpha value is -1.89. The van der Waals surface area contributed by atoms with Crippen LogP contribution in [-0.2, 0) is 18.4 Å². The van der Waals surface area contributed by atoms with Crippen LogP contribution >= 0.6 is 11.6 Å². The number of halogens is 1. The fourth-order valence-electron chi connectivity index (χ4n) is 4.63. The molecular formula is C23H34ClN5O+2. The fraction of sp³-hybridized carbons (Fsp3) is 0.565. The maximum Gasteiger partial charge on any atom is 0.226 e. The van der Waals surface area contributed by atoms with E-state index in [1.54, 1.807) is 20.7 Å². The minimum atomic E-state index is 0.0921. The molecule has 1 saturated carbocycles. The predicted molar refractivity (Wildman–Crippen MR) is 118 cm³/mol. The molecule has 162 valence electrons. The molecule has 7 heteroatoms. The van der Waals surface area contributed by atoms with Gasteiger partial charge >= 0.3 is 0 Å². The van der Waals surface area contributed by atoms with Crippen molar-refractivity contribution in [2.45, 2.75) is 25.3 Å². The number of benzene rings is 1. The van der Waals surface area contributed by atoms with Gasteiger partial charge in [0.25, 0.3) is 0 Å². The zero-order chi connectivity index (χ0) is 21.1. The van der Waals surface area contributed by atoms with Crippen LogP contribution < -0.4 is 9.80 Å². The second-order valence-electron chi connectivity index (χ2n) is 9.03. The number of carbonyl (C=O) groups is 1. The van der Waals surface area contributed by atoms with Gasteiger partial charge in [-0.15, -0.1) is 0 Å². The highest BCUT2D eigenvalue weighted by Crippen LogP contribution is 2.48. The van der Waals surface area contributed by atoms with Crippen molar-refractivity contribution >= 4 is 17.5 Å². The van der Waals surface area contributed by atoms with Gasteiger partial charge in [0.15, 0.2) is 0 Å². The molecule has 1 aromatic heterocycles. The van der Waals surface area contributed by atoms with Gasteiger partial charge in [-0.25, -0.2) is 0 Å². The van der Waals surface area contributed by atoms with E-state index in [0.717, 1.165) is 31.6 Å². The third-order valence-electron chi connectivity index (χ3n) is 6.61. The highest BCUT2D eigenvalue weighted by atomic mass is 35.5. The van der Waals surface area contributed by atoms with Crippen LogP contribution in [0.5, 0.6) is 0 Å². The molecule has 0 radical (unpaired) electrons. The van der Waals surface area contributed by atoms with E-state index in [4.69, 9.17) is 11.6 Å². The van der Waals surface area contributed by atoms with E-state index in [2.05, 4.69) is 36.4 Å². The number of likely N-dealkylation sites (N-methyl/N-ethyl adjacent to an activating group) is 1. The number of hydrogen-bond acceptors (Lipinski definition) is 2. The third kappa shape index (κ3) is 5.23. The molecule has 2 N–H and O–H groups in total. The van der Waals surface area contributed by atoms with Gasteiger partial charge in [-0.05, 0) is 17.9 Å². The summed E-state index contributed by atoms with van der Waals surface area (Å²) in [5.41, 5.74) is 2.07. The lowest BCUT2D eigenvalue weighted by Crippen LogP contribution is -3.27. The Labute approximate surface area is 184 Å². The number of hydrogen-bond donors (Lipinski definition) is 2. The van der Waals surface area contributed by atoms with Crippen LogP contribution in [0.2, 0.25) is 5.02 Å². The molecule has 2 fully saturated rings. The summed E-state index contributed by atoms with van der Waals surface area (Å²) in [6, 6.07) is 10.4. The Bertz CT molecular complexity index is 847. The average molecular weight is 432 g/mol. The summed E-state index contributed by atoms with van der Waals surface area (Å²) in [5, 5.41) is 5.12. The van der Waals surface area contributed by atoms with Crippen molar-refractivity contribution in [3.05, 3.63) is 52.8 Å². The third-order valence-corrected chi connectivity index (χ3v) is 6.93. The van der Waals surface area contributed by atoms with Gasteiger partial charge in [0, 0.05) is 32.1 Å². The molecular weight excluding hydrogens is 398 g/mol. The maximum atomic E-state index is 13.4. The first kappa shape index (κ1) is 21.3. The van der Waals surface area contributed by atoms with Crippen LogP contribution in [0.15, 0.2) is 36.5 Å². The van der Waals surface area contributed by atoms with Crippen LogP contribution in [0.3, 0.4) is 0 Å². The lowest BCUT2D eigenvalue weighted by Gasteiger charge is -2.28. The number of aryl methyl sites for hydroxylation is 1. The molecule has 1 aliphatic carbocycles. The Morgan fingerprint density at radius 2 is 1.97 bits per heavy atom. The van der Waals surface area contributed by atoms with E-state index in [0.29, 0.717) is 17.5 Å². The van der Waals surface area contributed by atoms with Crippen molar-refractivity contribution in [2.75, 3.05) is 46.3 Å². The fourth-order valence-corrected chi connectivity index (χ4v) is 4.87. The average Bonchev–Trinajstić information content (AvgIpc) is 3.48. The number of rotatable bonds is 8. The molecule has 0 spiro atoms. The minimum absolute atomic E-state index is 0.0921. The molecule has 1 aliphatic heterocycles. The van der Waals surface area contributed by atoms with Crippen LogP contribution in [0.25, 0.3) is 0 Å². The molecule has 4 rings (SSSR count). The summed E-state index contributed by atoms with van der Waals surface area (Å²) in [5.74, 6) is 0.699. The monoisotopic (exact) mass is 431 g/mol. The van der Waals surface area contributed by atoms with Crippen LogP contribution in [0.1, 0.15) is 30.0 Å². The van der Waals surface area contributed by atoms with E-state index in [-0.39, 0.29) is 11.8 Å². The van der Waals surface area contributed by atoms with Gasteiger partial charge in [0.2, 0.25) is 5.91 Å². The standard InChI is InChI=1S/C23H32ClN5O/c1-26-11-13-28(14-12-26)9-6-10-29(17-22-21(24)16-27(2)25-22)23(30)20-15-19(20)18-7-4-3-5-8-18/h3-5,7-8,16,19-20H,6,9-15,17H2,1-2H3/p+2/t19-,20-/m0/s1. The smallest absolute Gasteiger partial charge is 0.226 e. The van der Waals surface area contributed by atoms with Crippen molar-refractivity contribution in [1.82, 2.24) is 14.7 Å². The van der Waals surface area contributed by atoms with Crippen LogP contribution in [0.4, 0.5) is 0 Å². The molecule has 1 aromatic carbocycles. The number of nitrogens with zero attached hydrogens (tertiary/aromatic N) is 3. The van der Waals surface area contributed by atoms with Crippen molar-refractivity contribution in [3.8, 4) is 0 Å². The van der Waals surface area contributed by atoms with E-state index < -0.39 is 0 Å². The highest BCUT2D eigenvalue weighted by molar-refractivity contribution is 6.31. The van der Waals surface area contributed by atoms with Gasteiger partial charge in [-0.2, -0.15) is 5.10 Å². The van der Waals surface area contributed by atoms with Crippen LogP contribution in [0, 0.1) is 5.92 Å². The van der Waals surface area contributed by atoms with E-state index >= 15 is 0 Å².